The molecule has 0 amide bonds. The number of nitrogens with zero attached hydrogens (tertiary/aromatic N) is 6. The maximum atomic E-state index is 11.4. The lowest BCUT2D eigenvalue weighted by Crippen LogP contribution is -2.15. The lowest BCUT2D eigenvalue weighted by atomic mass is 9.99. The quantitative estimate of drug-likeness (QED) is 0.257. The second-order valence-electron chi connectivity index (χ2n) is 8.53. The van der Waals surface area contributed by atoms with Gasteiger partial charge in [-0.05, 0) is 49.1 Å². The molecule has 2 heterocycles. The highest BCUT2D eigenvalue weighted by Gasteiger charge is 2.16. The largest absolute Gasteiger partial charge is 0.478 e. The number of carboxylic acid groups (broad SMARTS) is 1. The fourth-order valence-electron chi connectivity index (χ4n) is 3.80. The Labute approximate surface area is 211 Å². The Bertz CT molecular complexity index is 1280. The molecule has 0 aliphatic rings. The molecule has 1 unspecified atom stereocenters. The van der Waals surface area contributed by atoms with Gasteiger partial charge in [-0.1, -0.05) is 39.2 Å². The first-order valence-electron chi connectivity index (χ1n) is 12.1. The van der Waals surface area contributed by atoms with Crippen molar-refractivity contribution in [3.8, 4) is 11.8 Å². The molecule has 0 radical (unpaired) electrons. The van der Waals surface area contributed by atoms with E-state index in [-0.39, 0.29) is 16.9 Å². The number of pyridine rings is 1. The summed E-state index contributed by atoms with van der Waals surface area (Å²) in [5, 5.41) is 38.6. The van der Waals surface area contributed by atoms with Gasteiger partial charge in [0, 0.05) is 13.6 Å². The van der Waals surface area contributed by atoms with Crippen molar-refractivity contribution in [3.63, 3.8) is 0 Å². The van der Waals surface area contributed by atoms with Crippen LogP contribution in [-0.2, 0) is 0 Å². The first-order chi connectivity index (χ1) is 17.4. The van der Waals surface area contributed by atoms with Gasteiger partial charge in [-0.25, -0.2) is 14.5 Å². The number of unbranched alkanes of at least 4 members (excludes halogenated alkanes) is 1. The zero-order valence-electron chi connectivity index (χ0n) is 21.1. The molecule has 36 heavy (non-hydrogen) atoms. The number of aryl methyl sites for hydroxylation is 1. The van der Waals surface area contributed by atoms with E-state index in [0.717, 1.165) is 31.4 Å². The average molecular weight is 489 g/mol. The number of benzene rings is 1. The molecule has 0 saturated heterocycles. The zero-order chi connectivity index (χ0) is 26.1. The molecule has 1 aromatic carbocycles. The molecule has 10 heteroatoms. The van der Waals surface area contributed by atoms with Gasteiger partial charge in [-0.2, -0.15) is 10.4 Å². The van der Waals surface area contributed by atoms with E-state index in [0.29, 0.717) is 28.9 Å². The van der Waals surface area contributed by atoms with Gasteiger partial charge >= 0.3 is 5.97 Å². The predicted octanol–water partition coefficient (Wildman–Crippen LogP) is 6.23. The number of hydrogen-bond acceptors (Lipinski definition) is 8. The van der Waals surface area contributed by atoms with Gasteiger partial charge in [0.05, 0.1) is 17.4 Å². The molecule has 0 fully saturated rings. The summed E-state index contributed by atoms with van der Waals surface area (Å²) >= 11 is 0. The molecule has 188 valence electrons. The van der Waals surface area contributed by atoms with Crippen molar-refractivity contribution in [1.82, 2.24) is 14.8 Å². The number of anilines is 2. The van der Waals surface area contributed by atoms with Crippen LogP contribution < -0.4 is 10.6 Å². The zero-order valence-corrected chi connectivity index (χ0v) is 21.1. The molecule has 10 nitrogen and oxygen atoms in total. The van der Waals surface area contributed by atoms with Crippen LogP contribution >= 0.6 is 0 Å². The number of carbonyl (C=O) groups is 1. The minimum atomic E-state index is -1.06. The Hall–Kier alpha value is -4.26. The lowest BCUT2D eigenvalue weighted by molar-refractivity contribution is 0.0697. The molecule has 0 bridgehead atoms. The Kier molecular flexibility index (Phi) is 9.11. The maximum absolute atomic E-state index is 11.4. The van der Waals surface area contributed by atoms with E-state index in [2.05, 4.69) is 50.9 Å². The number of aromatic nitrogens is 3. The first kappa shape index (κ1) is 26.3. The van der Waals surface area contributed by atoms with Crippen LogP contribution in [-0.4, -0.2) is 39.4 Å². The number of rotatable bonds is 12. The number of aromatic carboxylic acids is 1. The Morgan fingerprint density at radius 2 is 2.08 bits per heavy atom. The van der Waals surface area contributed by atoms with Crippen LogP contribution in [0.3, 0.4) is 0 Å². The van der Waals surface area contributed by atoms with E-state index in [1.54, 1.807) is 12.1 Å². The van der Waals surface area contributed by atoms with Crippen molar-refractivity contribution in [2.45, 2.75) is 46.5 Å². The molecule has 3 N–H and O–H groups in total. The Morgan fingerprint density at radius 3 is 2.75 bits per heavy atom. The van der Waals surface area contributed by atoms with Gasteiger partial charge in [0.1, 0.15) is 23.1 Å². The van der Waals surface area contributed by atoms with E-state index < -0.39 is 5.97 Å². The Morgan fingerprint density at radius 1 is 1.28 bits per heavy atom. The average Bonchev–Trinajstić information content (AvgIpc) is 3.30. The van der Waals surface area contributed by atoms with Crippen LogP contribution in [0.5, 0.6) is 0 Å². The van der Waals surface area contributed by atoms with Crippen molar-refractivity contribution < 1.29 is 9.90 Å². The molecular weight excluding hydrogens is 456 g/mol. The van der Waals surface area contributed by atoms with Crippen molar-refractivity contribution in [2.75, 3.05) is 24.2 Å². The van der Waals surface area contributed by atoms with Crippen LogP contribution in [0.1, 0.15) is 61.0 Å². The number of nitrogens with one attached hydrogen (secondary N) is 2. The lowest BCUT2D eigenvalue weighted by Gasteiger charge is -2.17. The first-order valence-corrected chi connectivity index (χ1v) is 12.1. The third-order valence-corrected chi connectivity index (χ3v) is 5.99. The summed E-state index contributed by atoms with van der Waals surface area (Å²) < 4.78 is 1.41. The second-order valence-corrected chi connectivity index (χ2v) is 8.53. The molecule has 1 atom stereocenters. The SMILES string of the molecule is CCCCC(CC)CNc1nc(NC)cc(C)c1N=Nc1c(C#N)cnn1-c1cccc(C(=O)O)c1. The van der Waals surface area contributed by atoms with Gasteiger partial charge in [-0.15, -0.1) is 10.2 Å². The Balaban J connectivity index is 1.99. The summed E-state index contributed by atoms with van der Waals surface area (Å²) in [6.45, 7) is 7.07. The number of hydrogen-bond donors (Lipinski definition) is 3. The van der Waals surface area contributed by atoms with E-state index in [9.17, 15) is 15.2 Å². The minimum absolute atomic E-state index is 0.104. The molecular formula is C26H32N8O2. The van der Waals surface area contributed by atoms with Crippen LogP contribution in [0.15, 0.2) is 46.8 Å². The summed E-state index contributed by atoms with van der Waals surface area (Å²) in [5.74, 6) is 0.985. The summed E-state index contributed by atoms with van der Waals surface area (Å²) in [5.41, 5.74) is 2.21. The summed E-state index contributed by atoms with van der Waals surface area (Å²) in [7, 11) is 1.81. The minimum Gasteiger partial charge on any atom is -0.478 e. The van der Waals surface area contributed by atoms with E-state index in [1.165, 1.54) is 29.4 Å². The molecule has 2 aromatic heterocycles. The molecule has 3 rings (SSSR count). The number of azo groups is 1. The third-order valence-electron chi connectivity index (χ3n) is 5.99. The molecule has 0 saturated carbocycles. The monoisotopic (exact) mass is 488 g/mol. The summed E-state index contributed by atoms with van der Waals surface area (Å²) in [4.78, 5) is 16.1. The highest BCUT2D eigenvalue weighted by molar-refractivity contribution is 5.88. The highest BCUT2D eigenvalue weighted by Crippen LogP contribution is 2.33. The van der Waals surface area contributed by atoms with E-state index in [1.807, 2.05) is 20.0 Å². The molecule has 0 spiro atoms. The van der Waals surface area contributed by atoms with Gasteiger partial charge in [0.2, 0.25) is 0 Å². The fourth-order valence-corrected chi connectivity index (χ4v) is 3.80. The number of carboxylic acids is 1. The van der Waals surface area contributed by atoms with Crippen LogP contribution in [0.25, 0.3) is 5.69 Å². The van der Waals surface area contributed by atoms with E-state index in [4.69, 9.17) is 0 Å². The van der Waals surface area contributed by atoms with Gasteiger partial charge in [0.15, 0.2) is 11.6 Å². The maximum Gasteiger partial charge on any atom is 0.335 e. The molecule has 0 aliphatic heterocycles. The number of nitriles is 1. The standard InChI is InChI=1S/C26H32N8O2/c1-5-7-9-18(6-2)15-29-24-23(17(3)12-22(28-4)31-24)32-33-25-20(14-27)16-30-34(25)21-11-8-10-19(13-21)26(35)36/h8,10-13,16,18H,5-7,9,15H2,1-4H3,(H,35,36)(H2,28,29,31). The third kappa shape index (κ3) is 6.24. The second kappa shape index (κ2) is 12.4. The molecule has 0 aliphatic carbocycles. The van der Waals surface area contributed by atoms with Crippen molar-refractivity contribution in [2.24, 2.45) is 16.1 Å². The van der Waals surface area contributed by atoms with Gasteiger partial charge in [0.25, 0.3) is 0 Å². The van der Waals surface area contributed by atoms with Crippen LogP contribution in [0, 0.1) is 24.2 Å². The molecule has 3 aromatic rings. The smallest absolute Gasteiger partial charge is 0.335 e. The van der Waals surface area contributed by atoms with Crippen LogP contribution in [0.4, 0.5) is 23.1 Å². The van der Waals surface area contributed by atoms with Crippen molar-refractivity contribution in [1.29, 1.82) is 5.26 Å². The highest BCUT2D eigenvalue weighted by atomic mass is 16.4. The summed E-state index contributed by atoms with van der Waals surface area (Å²) in [6, 6.07) is 10.2. The predicted molar refractivity (Wildman–Crippen MR) is 140 cm³/mol. The van der Waals surface area contributed by atoms with Crippen molar-refractivity contribution >= 4 is 29.1 Å². The van der Waals surface area contributed by atoms with Crippen molar-refractivity contribution in [3.05, 3.63) is 53.2 Å². The topological polar surface area (TPSA) is 141 Å². The summed E-state index contributed by atoms with van der Waals surface area (Å²) in [6.07, 6.45) is 5.93. The van der Waals surface area contributed by atoms with Crippen LogP contribution in [0.2, 0.25) is 0 Å². The normalized spacial score (nSPS) is 11.9. The van der Waals surface area contributed by atoms with E-state index >= 15 is 0 Å². The fraction of sp³-hybridized carbons (Fsp3) is 0.385. The van der Waals surface area contributed by atoms with Gasteiger partial charge in [-0.3, -0.25) is 0 Å². The van der Waals surface area contributed by atoms with Gasteiger partial charge < -0.3 is 15.7 Å².